The van der Waals surface area contributed by atoms with Crippen molar-refractivity contribution in [2.24, 2.45) is 0 Å². The van der Waals surface area contributed by atoms with Gasteiger partial charge < -0.3 is 5.32 Å². The van der Waals surface area contributed by atoms with Crippen molar-refractivity contribution in [3.63, 3.8) is 0 Å². The Balaban J connectivity index is 2.96. The summed E-state index contributed by atoms with van der Waals surface area (Å²) in [5.74, 6) is 1.04. The molecule has 0 radical (unpaired) electrons. The predicted molar refractivity (Wildman–Crippen MR) is 46.4 cm³/mol. The number of unbranched alkanes of at least 4 members (excludes halogenated alkanes) is 1. The van der Waals surface area contributed by atoms with Crippen LogP contribution in [0.3, 0.4) is 0 Å². The molecule has 0 saturated heterocycles. The summed E-state index contributed by atoms with van der Waals surface area (Å²) in [4.78, 5) is 10.6. The zero-order valence-electron chi connectivity index (χ0n) is 6.39. The number of amides is 1. The molecule has 2 nitrogen and oxygen atoms in total. The van der Waals surface area contributed by atoms with Crippen molar-refractivity contribution in [3.05, 3.63) is 0 Å². The zero-order chi connectivity index (χ0) is 7.82. The zero-order valence-corrected chi connectivity index (χ0v) is 7.29. The van der Waals surface area contributed by atoms with Gasteiger partial charge in [0.05, 0.1) is 0 Å². The smallest absolute Gasteiger partial charge is 0.219 e. The van der Waals surface area contributed by atoms with E-state index < -0.39 is 0 Å². The molecular weight excluding hydrogens is 146 g/mol. The van der Waals surface area contributed by atoms with Gasteiger partial charge in [-0.25, -0.2) is 0 Å². The minimum Gasteiger partial charge on any atom is -0.356 e. The van der Waals surface area contributed by atoms with Crippen LogP contribution in [0.4, 0.5) is 0 Å². The molecule has 0 heterocycles. The lowest BCUT2D eigenvalue weighted by Crippen LogP contribution is -2.23. The van der Waals surface area contributed by atoms with Crippen molar-refractivity contribution in [2.75, 3.05) is 12.3 Å². The van der Waals surface area contributed by atoms with E-state index in [9.17, 15) is 4.79 Å². The van der Waals surface area contributed by atoms with Gasteiger partial charge in [-0.1, -0.05) is 6.92 Å². The second-order valence-electron chi connectivity index (χ2n) is 2.13. The van der Waals surface area contributed by atoms with Crippen LogP contribution in [0.2, 0.25) is 0 Å². The van der Waals surface area contributed by atoms with Gasteiger partial charge in [0.2, 0.25) is 5.91 Å². The molecule has 0 aliphatic rings. The molecule has 60 valence electrons. The van der Waals surface area contributed by atoms with Gasteiger partial charge in [0.1, 0.15) is 0 Å². The van der Waals surface area contributed by atoms with Crippen molar-refractivity contribution in [1.29, 1.82) is 0 Å². The lowest BCUT2D eigenvalue weighted by molar-refractivity contribution is -0.120. The minimum atomic E-state index is 0.138. The standard InChI is InChI=1S/C7H15NOS/c1-2-7(9)8-5-3-4-6-10/h10H,2-6H2,1H3,(H,8,9). The van der Waals surface area contributed by atoms with Gasteiger partial charge in [-0.2, -0.15) is 12.6 Å². The molecular formula is C7H15NOS. The maximum Gasteiger partial charge on any atom is 0.219 e. The third kappa shape index (κ3) is 5.95. The molecule has 0 saturated carbocycles. The highest BCUT2D eigenvalue weighted by Crippen LogP contribution is 1.88. The van der Waals surface area contributed by atoms with E-state index in [-0.39, 0.29) is 5.91 Å². The molecule has 0 aliphatic carbocycles. The Kier molecular flexibility index (Phi) is 6.81. The van der Waals surface area contributed by atoms with Gasteiger partial charge in [-0.15, -0.1) is 0 Å². The monoisotopic (exact) mass is 161 g/mol. The van der Waals surface area contributed by atoms with Crippen LogP contribution in [0, 0.1) is 0 Å². The lowest BCUT2D eigenvalue weighted by Gasteiger charge is -2.00. The molecule has 0 spiro atoms. The van der Waals surface area contributed by atoms with Gasteiger partial charge >= 0.3 is 0 Å². The fraction of sp³-hybridized carbons (Fsp3) is 0.857. The largest absolute Gasteiger partial charge is 0.356 e. The van der Waals surface area contributed by atoms with E-state index in [0.29, 0.717) is 6.42 Å². The Hall–Kier alpha value is -0.180. The summed E-state index contributed by atoms with van der Waals surface area (Å²) in [6.45, 7) is 2.65. The first-order valence-electron chi connectivity index (χ1n) is 3.68. The maximum atomic E-state index is 10.6. The van der Waals surface area contributed by atoms with Gasteiger partial charge in [0.25, 0.3) is 0 Å². The number of nitrogens with one attached hydrogen (secondary N) is 1. The maximum absolute atomic E-state index is 10.6. The summed E-state index contributed by atoms with van der Waals surface area (Å²) in [5, 5.41) is 2.79. The molecule has 1 N–H and O–H groups in total. The molecule has 0 aromatic carbocycles. The Morgan fingerprint density at radius 3 is 2.70 bits per heavy atom. The van der Waals surface area contributed by atoms with Crippen LogP contribution in [-0.2, 0) is 4.79 Å². The average molecular weight is 161 g/mol. The Labute approximate surface area is 67.8 Å². The van der Waals surface area contributed by atoms with Gasteiger partial charge in [-0.05, 0) is 18.6 Å². The first-order chi connectivity index (χ1) is 4.81. The third-order valence-electron chi connectivity index (χ3n) is 1.23. The molecule has 0 atom stereocenters. The van der Waals surface area contributed by atoms with Crippen LogP contribution >= 0.6 is 12.6 Å². The first-order valence-corrected chi connectivity index (χ1v) is 4.32. The number of rotatable bonds is 5. The summed E-state index contributed by atoms with van der Waals surface area (Å²) in [5.41, 5.74) is 0. The van der Waals surface area contributed by atoms with Gasteiger partial charge in [0.15, 0.2) is 0 Å². The predicted octanol–water partition coefficient (Wildman–Crippen LogP) is 1.22. The van der Waals surface area contributed by atoms with Crippen molar-refractivity contribution in [1.82, 2.24) is 5.32 Å². The van der Waals surface area contributed by atoms with Crippen LogP contribution in [0.5, 0.6) is 0 Å². The highest BCUT2D eigenvalue weighted by Gasteiger charge is 1.93. The molecule has 10 heavy (non-hydrogen) atoms. The van der Waals surface area contributed by atoms with Crippen LogP contribution in [0.1, 0.15) is 26.2 Å². The van der Waals surface area contributed by atoms with E-state index in [1.165, 1.54) is 0 Å². The van der Waals surface area contributed by atoms with Crippen LogP contribution in [0.15, 0.2) is 0 Å². The molecule has 0 unspecified atom stereocenters. The van der Waals surface area contributed by atoms with Crippen molar-refractivity contribution in [3.8, 4) is 0 Å². The first kappa shape index (κ1) is 9.82. The molecule has 0 aliphatic heterocycles. The number of carbonyl (C=O) groups excluding carboxylic acids is 1. The molecule has 0 rings (SSSR count). The fourth-order valence-electron chi connectivity index (χ4n) is 0.590. The highest BCUT2D eigenvalue weighted by atomic mass is 32.1. The second kappa shape index (κ2) is 6.93. The van der Waals surface area contributed by atoms with E-state index in [1.807, 2.05) is 6.92 Å². The van der Waals surface area contributed by atoms with E-state index in [1.54, 1.807) is 0 Å². The van der Waals surface area contributed by atoms with Crippen LogP contribution in [-0.4, -0.2) is 18.2 Å². The quantitative estimate of drug-likeness (QED) is 0.461. The summed E-state index contributed by atoms with van der Waals surface area (Å²) >= 11 is 4.06. The SMILES string of the molecule is CCC(=O)NCCCCS. The number of hydrogen-bond acceptors (Lipinski definition) is 2. The topological polar surface area (TPSA) is 29.1 Å². The van der Waals surface area contributed by atoms with E-state index in [0.717, 1.165) is 25.1 Å². The molecule has 0 aromatic rings. The summed E-state index contributed by atoms with van der Waals surface area (Å²) in [7, 11) is 0. The van der Waals surface area contributed by atoms with Crippen molar-refractivity contribution in [2.45, 2.75) is 26.2 Å². The Morgan fingerprint density at radius 2 is 2.20 bits per heavy atom. The highest BCUT2D eigenvalue weighted by molar-refractivity contribution is 7.80. The van der Waals surface area contributed by atoms with Gasteiger partial charge in [0, 0.05) is 13.0 Å². The fourth-order valence-corrected chi connectivity index (χ4v) is 0.813. The molecule has 0 bridgehead atoms. The normalized spacial score (nSPS) is 9.40. The molecule has 0 fully saturated rings. The summed E-state index contributed by atoms with van der Waals surface area (Å²) in [6.07, 6.45) is 2.70. The summed E-state index contributed by atoms with van der Waals surface area (Å²) in [6, 6.07) is 0. The number of thiol groups is 1. The van der Waals surface area contributed by atoms with E-state index >= 15 is 0 Å². The van der Waals surface area contributed by atoms with E-state index in [2.05, 4.69) is 17.9 Å². The van der Waals surface area contributed by atoms with E-state index in [4.69, 9.17) is 0 Å². The minimum absolute atomic E-state index is 0.138. The van der Waals surface area contributed by atoms with Crippen LogP contribution in [0.25, 0.3) is 0 Å². The van der Waals surface area contributed by atoms with Crippen molar-refractivity contribution < 1.29 is 4.79 Å². The van der Waals surface area contributed by atoms with Crippen molar-refractivity contribution >= 4 is 18.5 Å². The second-order valence-corrected chi connectivity index (χ2v) is 2.58. The Bertz CT molecular complexity index is 95.6. The van der Waals surface area contributed by atoms with Crippen LogP contribution < -0.4 is 5.32 Å². The number of hydrogen-bond donors (Lipinski definition) is 2. The lowest BCUT2D eigenvalue weighted by atomic mass is 10.3. The molecule has 3 heteroatoms. The number of carbonyl (C=O) groups is 1. The average Bonchev–Trinajstić information content (AvgIpc) is 1.98. The molecule has 1 amide bonds. The van der Waals surface area contributed by atoms with Gasteiger partial charge in [-0.3, -0.25) is 4.79 Å². The summed E-state index contributed by atoms with van der Waals surface area (Å²) < 4.78 is 0. The molecule has 0 aromatic heterocycles. The third-order valence-corrected chi connectivity index (χ3v) is 1.54. The Morgan fingerprint density at radius 1 is 1.50 bits per heavy atom.